The Morgan fingerprint density at radius 2 is 1.32 bits per heavy atom. The van der Waals surface area contributed by atoms with Gasteiger partial charge in [0.25, 0.3) is 0 Å². The number of amides is 9. The lowest BCUT2D eigenvalue weighted by molar-refractivity contribution is -0.135. The molecule has 414 valence electrons. The standard InChI is InChI=1S/C50H70N18O9/c1-28(69)62-35(14-8-20-58-49(52)53)43(72)64-36-15-7-19-57-41(70)18-17-34(42(51)71)63-47(76)39(23-30-25-60-33-13-6-5-12-32(30)33)67-44(73)37(16-9-21-59-50(54)55)65-46(75)38(22-29-10-3-2-4-11-29)66-48(77)40(68-45(36)74)24-31-26-56-27-61-31/h2-6,10-13,25-27,34-40,60H,7-9,14-24H2,1H3,(H2,51,71)(H,56,61)(H,57,70)(H,62,69)(H,63,76)(H,64,72)(H,65,75)(H,66,77)(H,67,73)(H,68,74)(H4,52,53,58)(H4,54,55,59)/t34-,35-,36-,37-,38+,39-,40-/m0/s1. The SMILES string of the molecule is CC(=O)N[C@@H](CCCNC(=N)N)C(=O)N[C@H]1CCCNC(=O)CC[C@@H](C(N)=O)NC(=O)[C@H](Cc2c[nH]c3ccccc23)NC(=O)[C@H](CCCNC(=N)N)NC(=O)[C@@H](Cc2ccccc2)NC(=O)[C@H](Cc2c[nH]cn2)NC1=O. The van der Waals surface area contributed by atoms with Crippen LogP contribution >= 0.6 is 0 Å². The first-order valence-electron chi connectivity index (χ1n) is 25.2. The summed E-state index contributed by atoms with van der Waals surface area (Å²) in [6.45, 7) is 1.47. The van der Waals surface area contributed by atoms with E-state index in [1.54, 1.807) is 42.6 Å². The van der Waals surface area contributed by atoms with Gasteiger partial charge in [0.1, 0.15) is 42.3 Å². The van der Waals surface area contributed by atoms with Crippen molar-refractivity contribution in [3.63, 3.8) is 0 Å². The number of aromatic nitrogens is 3. The number of H-pyrrole nitrogens is 2. The number of carbonyl (C=O) groups is 9. The Morgan fingerprint density at radius 3 is 1.99 bits per heavy atom. The number of primary amides is 1. The number of hydrogen-bond donors (Lipinski definition) is 17. The molecule has 1 aliphatic rings. The number of guanidine groups is 2. The van der Waals surface area contributed by atoms with E-state index in [0.29, 0.717) is 16.8 Å². The number of rotatable bonds is 18. The Morgan fingerprint density at radius 1 is 0.714 bits per heavy atom. The van der Waals surface area contributed by atoms with E-state index < -0.39 is 95.5 Å². The van der Waals surface area contributed by atoms with Gasteiger partial charge >= 0.3 is 0 Å². The quantitative estimate of drug-likeness (QED) is 0.0269. The molecule has 1 saturated heterocycles. The number of para-hydroxylation sites is 1. The molecule has 0 saturated carbocycles. The third kappa shape index (κ3) is 19.6. The smallest absolute Gasteiger partial charge is 0.243 e. The Bertz CT molecular complexity index is 2700. The normalized spacial score (nSPS) is 20.8. The average molecular weight is 1070 g/mol. The molecule has 4 aromatic rings. The first-order chi connectivity index (χ1) is 36.9. The molecule has 2 aromatic heterocycles. The lowest BCUT2D eigenvalue weighted by atomic mass is 10.0. The van der Waals surface area contributed by atoms with Gasteiger partial charge in [0.05, 0.1) is 12.0 Å². The number of imidazole rings is 1. The lowest BCUT2D eigenvalue weighted by Crippen LogP contribution is -2.61. The minimum absolute atomic E-state index is 0.0455. The summed E-state index contributed by atoms with van der Waals surface area (Å²) in [5.74, 6) is -7.64. The fourth-order valence-electron chi connectivity index (χ4n) is 8.54. The van der Waals surface area contributed by atoms with Gasteiger partial charge < -0.3 is 80.3 Å². The molecule has 5 rings (SSSR count). The second-order valence-corrected chi connectivity index (χ2v) is 18.5. The van der Waals surface area contributed by atoms with E-state index in [0.717, 1.165) is 10.9 Å². The molecule has 0 spiro atoms. The van der Waals surface area contributed by atoms with E-state index in [4.69, 9.17) is 28.0 Å². The van der Waals surface area contributed by atoms with Crippen molar-refractivity contribution < 1.29 is 43.2 Å². The van der Waals surface area contributed by atoms with E-state index >= 15 is 0 Å². The molecule has 27 nitrogen and oxygen atoms in total. The van der Waals surface area contributed by atoms with Crippen molar-refractivity contribution in [1.82, 2.24) is 68.1 Å². The van der Waals surface area contributed by atoms with Gasteiger partial charge in [0.2, 0.25) is 53.2 Å². The number of nitrogens with one attached hydrogen (secondary N) is 14. The fourth-order valence-corrected chi connectivity index (χ4v) is 8.54. The maximum atomic E-state index is 14.7. The minimum atomic E-state index is -1.44. The van der Waals surface area contributed by atoms with Crippen LogP contribution in [0.3, 0.4) is 0 Å². The second kappa shape index (κ2) is 29.7. The van der Waals surface area contributed by atoms with Crippen LogP contribution in [0.2, 0.25) is 0 Å². The molecule has 0 radical (unpaired) electrons. The molecular formula is C50H70N18O9. The minimum Gasteiger partial charge on any atom is -0.370 e. The highest BCUT2D eigenvalue weighted by Crippen LogP contribution is 2.20. The molecule has 0 unspecified atom stereocenters. The Kier molecular flexibility index (Phi) is 22.7. The molecule has 77 heavy (non-hydrogen) atoms. The summed E-state index contributed by atoms with van der Waals surface area (Å²) in [5, 5.41) is 42.6. The Hall–Kier alpha value is -9.04. The maximum Gasteiger partial charge on any atom is 0.243 e. The fraction of sp³-hybridized carbons (Fsp3) is 0.440. The highest BCUT2D eigenvalue weighted by atomic mass is 16.2. The molecule has 0 bridgehead atoms. The highest BCUT2D eigenvalue weighted by Gasteiger charge is 2.35. The molecule has 1 aliphatic heterocycles. The van der Waals surface area contributed by atoms with Crippen molar-refractivity contribution in [1.29, 1.82) is 10.8 Å². The van der Waals surface area contributed by atoms with E-state index in [-0.39, 0.29) is 102 Å². The van der Waals surface area contributed by atoms with E-state index in [2.05, 4.69) is 68.1 Å². The average Bonchev–Trinajstić information content (AvgIpc) is 4.07. The van der Waals surface area contributed by atoms with Gasteiger partial charge in [-0.25, -0.2) is 4.98 Å². The van der Waals surface area contributed by atoms with E-state index in [9.17, 15) is 43.2 Å². The molecule has 2 aromatic carbocycles. The molecule has 1 fully saturated rings. The van der Waals surface area contributed by atoms with Gasteiger partial charge in [-0.2, -0.15) is 0 Å². The van der Waals surface area contributed by atoms with Crippen LogP contribution in [0.15, 0.2) is 73.3 Å². The Balaban J connectivity index is 1.54. The van der Waals surface area contributed by atoms with Crippen molar-refractivity contribution in [2.75, 3.05) is 19.6 Å². The third-order valence-electron chi connectivity index (χ3n) is 12.5. The number of benzene rings is 2. The van der Waals surface area contributed by atoms with Crippen molar-refractivity contribution in [3.05, 3.63) is 90.1 Å². The largest absolute Gasteiger partial charge is 0.370 e. The van der Waals surface area contributed by atoms with Gasteiger partial charge in [0.15, 0.2) is 11.9 Å². The first-order valence-corrected chi connectivity index (χ1v) is 25.2. The van der Waals surface area contributed by atoms with Crippen LogP contribution in [-0.4, -0.2) is 142 Å². The van der Waals surface area contributed by atoms with Crippen LogP contribution in [0.4, 0.5) is 0 Å². The van der Waals surface area contributed by atoms with Crippen molar-refractivity contribution >= 4 is 76.0 Å². The summed E-state index contributed by atoms with van der Waals surface area (Å²) in [7, 11) is 0. The van der Waals surface area contributed by atoms with Gasteiger partial charge in [-0.1, -0.05) is 48.5 Å². The van der Waals surface area contributed by atoms with Crippen molar-refractivity contribution in [2.45, 2.75) is 120 Å². The molecule has 27 heteroatoms. The van der Waals surface area contributed by atoms with Crippen LogP contribution in [0, 0.1) is 10.8 Å². The zero-order valence-corrected chi connectivity index (χ0v) is 42.7. The summed E-state index contributed by atoms with van der Waals surface area (Å²) in [5.41, 5.74) is 19.0. The summed E-state index contributed by atoms with van der Waals surface area (Å²) in [6.07, 6.45) is 3.94. The zero-order valence-electron chi connectivity index (χ0n) is 42.7. The summed E-state index contributed by atoms with van der Waals surface area (Å²) < 4.78 is 0. The predicted octanol–water partition coefficient (Wildman–Crippen LogP) is -2.97. The van der Waals surface area contributed by atoms with E-state index in [1.165, 1.54) is 19.4 Å². The number of aromatic amines is 2. The summed E-state index contributed by atoms with van der Waals surface area (Å²) in [4.78, 5) is 135. The van der Waals surface area contributed by atoms with Crippen LogP contribution in [0.25, 0.3) is 10.9 Å². The van der Waals surface area contributed by atoms with Crippen LogP contribution < -0.4 is 70.4 Å². The van der Waals surface area contributed by atoms with Crippen LogP contribution in [-0.2, 0) is 62.4 Å². The maximum absolute atomic E-state index is 14.7. The highest BCUT2D eigenvalue weighted by molar-refractivity contribution is 5.98. The summed E-state index contributed by atoms with van der Waals surface area (Å²) in [6, 6.07) is 6.38. The molecule has 20 N–H and O–H groups in total. The topological polar surface area (TPSA) is 444 Å². The predicted molar refractivity (Wildman–Crippen MR) is 283 cm³/mol. The third-order valence-corrected chi connectivity index (χ3v) is 12.5. The Labute approximate surface area is 443 Å². The van der Waals surface area contributed by atoms with Gasteiger partial charge in [0, 0.05) is 75.5 Å². The molecule has 7 atom stereocenters. The molecule has 9 amide bonds. The van der Waals surface area contributed by atoms with Gasteiger partial charge in [-0.15, -0.1) is 0 Å². The number of nitrogens with two attached hydrogens (primary N) is 3. The van der Waals surface area contributed by atoms with Crippen molar-refractivity contribution in [2.24, 2.45) is 17.2 Å². The van der Waals surface area contributed by atoms with Crippen molar-refractivity contribution in [3.8, 4) is 0 Å². The first kappa shape index (κ1) is 58.8. The molecule has 0 aliphatic carbocycles. The van der Waals surface area contributed by atoms with Crippen LogP contribution in [0.1, 0.15) is 75.1 Å². The molecule has 3 heterocycles. The lowest BCUT2D eigenvalue weighted by Gasteiger charge is -2.28. The number of fused-ring (bicyclic) bond motifs is 1. The zero-order chi connectivity index (χ0) is 55.9. The van der Waals surface area contributed by atoms with Gasteiger partial charge in [-0.05, 0) is 62.1 Å². The number of hydrogen-bond acceptors (Lipinski definition) is 12. The number of nitrogens with zero attached hydrogens (tertiary/aromatic N) is 1. The van der Waals surface area contributed by atoms with E-state index in [1.807, 2.05) is 18.2 Å². The van der Waals surface area contributed by atoms with Gasteiger partial charge in [-0.3, -0.25) is 54.0 Å². The monoisotopic (exact) mass is 1070 g/mol. The number of carbonyl (C=O) groups excluding carboxylic acids is 9. The molecular weight excluding hydrogens is 997 g/mol. The summed E-state index contributed by atoms with van der Waals surface area (Å²) >= 11 is 0. The van der Waals surface area contributed by atoms with Crippen LogP contribution in [0.5, 0.6) is 0 Å². The second-order valence-electron chi connectivity index (χ2n) is 18.5.